The number of carbonyl (C=O) groups is 1. The number of alkyl halides is 3. The lowest BCUT2D eigenvalue weighted by atomic mass is 10.0. The summed E-state index contributed by atoms with van der Waals surface area (Å²) in [5, 5.41) is 0. The van der Waals surface area contributed by atoms with Gasteiger partial charge in [-0.3, -0.25) is 4.79 Å². The van der Waals surface area contributed by atoms with Gasteiger partial charge < -0.3 is 4.90 Å². The zero-order valence-corrected chi connectivity index (χ0v) is 13.3. The van der Waals surface area contributed by atoms with Crippen molar-refractivity contribution < 1.29 is 30.8 Å². The van der Waals surface area contributed by atoms with Crippen molar-refractivity contribution in [3.63, 3.8) is 0 Å². The van der Waals surface area contributed by atoms with Crippen LogP contribution in [0.15, 0.2) is 18.2 Å². The summed E-state index contributed by atoms with van der Waals surface area (Å²) in [4.78, 5) is 13.9. The lowest BCUT2D eigenvalue weighted by molar-refractivity contribution is -0.138. The number of halogens is 4. The molecule has 0 aromatic heterocycles. The normalized spacial score (nSPS) is 24.0. The summed E-state index contributed by atoms with van der Waals surface area (Å²) in [6, 6.07) is 1.30. The van der Waals surface area contributed by atoms with Crippen molar-refractivity contribution in [1.82, 2.24) is 4.90 Å². The van der Waals surface area contributed by atoms with E-state index in [0.29, 0.717) is 6.07 Å². The molecule has 3 rings (SSSR count). The SMILES string of the molecule is O=C(c1ccc(F)cc1C(F)(F)F)N1CCS(=O)(=O)CC1C1CC1. The lowest BCUT2D eigenvalue weighted by Crippen LogP contribution is -2.52. The summed E-state index contributed by atoms with van der Waals surface area (Å²) < 4.78 is 76.1. The van der Waals surface area contributed by atoms with Crippen LogP contribution in [0, 0.1) is 11.7 Å². The third kappa shape index (κ3) is 3.40. The van der Waals surface area contributed by atoms with Gasteiger partial charge >= 0.3 is 6.18 Å². The van der Waals surface area contributed by atoms with Gasteiger partial charge in [-0.05, 0) is 37.0 Å². The Balaban J connectivity index is 1.97. The summed E-state index contributed by atoms with van der Waals surface area (Å²) in [6.45, 7) is -0.142. The Labute approximate surface area is 136 Å². The Morgan fingerprint density at radius 3 is 2.46 bits per heavy atom. The maximum absolute atomic E-state index is 13.2. The zero-order valence-electron chi connectivity index (χ0n) is 12.5. The fraction of sp³-hybridized carbons (Fsp3) is 0.533. The molecule has 0 N–H and O–H groups in total. The third-order valence-electron chi connectivity index (χ3n) is 4.41. The highest BCUT2D eigenvalue weighted by atomic mass is 32.2. The van der Waals surface area contributed by atoms with Crippen molar-refractivity contribution in [2.75, 3.05) is 18.1 Å². The molecule has 1 aliphatic heterocycles. The quantitative estimate of drug-likeness (QED) is 0.757. The molecular weight excluding hydrogens is 350 g/mol. The topological polar surface area (TPSA) is 54.5 Å². The summed E-state index contributed by atoms with van der Waals surface area (Å²) in [5.74, 6) is -2.48. The van der Waals surface area contributed by atoms with E-state index in [1.165, 1.54) is 4.90 Å². The van der Waals surface area contributed by atoms with E-state index in [0.717, 1.165) is 25.0 Å². The first kappa shape index (κ1) is 17.2. The highest BCUT2D eigenvalue weighted by Gasteiger charge is 2.45. The second-order valence-electron chi connectivity index (χ2n) is 6.21. The number of rotatable bonds is 2. The molecule has 2 fully saturated rings. The maximum Gasteiger partial charge on any atom is 0.417 e. The van der Waals surface area contributed by atoms with Gasteiger partial charge in [-0.2, -0.15) is 13.2 Å². The van der Waals surface area contributed by atoms with Gasteiger partial charge in [0.1, 0.15) is 5.82 Å². The van der Waals surface area contributed by atoms with Crippen LogP contribution in [0.5, 0.6) is 0 Å². The Bertz CT molecular complexity index is 771. The van der Waals surface area contributed by atoms with Gasteiger partial charge in [0.25, 0.3) is 5.91 Å². The van der Waals surface area contributed by atoms with E-state index in [9.17, 15) is 30.8 Å². The van der Waals surface area contributed by atoms with Crippen LogP contribution in [-0.4, -0.2) is 43.3 Å². The van der Waals surface area contributed by atoms with Crippen LogP contribution in [0.25, 0.3) is 0 Å². The van der Waals surface area contributed by atoms with E-state index >= 15 is 0 Å². The molecule has 1 unspecified atom stereocenters. The molecule has 4 nitrogen and oxygen atoms in total. The standard InChI is InChI=1S/C15H15F4NO3S/c16-10-3-4-11(12(7-10)15(17,18)19)14(21)20-5-6-24(22,23)8-13(20)9-1-2-9/h3-4,7,9,13H,1-2,5-6,8H2. The number of benzene rings is 1. The average Bonchev–Trinajstić information content (AvgIpc) is 3.29. The molecule has 1 aliphatic carbocycles. The minimum Gasteiger partial charge on any atom is -0.333 e. The summed E-state index contributed by atoms with van der Waals surface area (Å²) >= 11 is 0. The van der Waals surface area contributed by atoms with Crippen molar-refractivity contribution >= 4 is 15.7 Å². The van der Waals surface area contributed by atoms with Gasteiger partial charge in [-0.1, -0.05) is 0 Å². The van der Waals surface area contributed by atoms with Crippen LogP contribution in [0.4, 0.5) is 17.6 Å². The molecule has 1 heterocycles. The number of hydrogen-bond acceptors (Lipinski definition) is 3. The molecule has 1 saturated carbocycles. The Morgan fingerprint density at radius 2 is 1.88 bits per heavy atom. The minimum atomic E-state index is -4.87. The van der Waals surface area contributed by atoms with Gasteiger partial charge in [0.2, 0.25) is 0 Å². The molecule has 9 heteroatoms. The number of hydrogen-bond donors (Lipinski definition) is 0. The zero-order chi connectivity index (χ0) is 17.7. The first-order valence-electron chi connectivity index (χ1n) is 7.46. The summed E-state index contributed by atoms with van der Waals surface area (Å²) in [7, 11) is -3.31. The van der Waals surface area contributed by atoms with Crippen molar-refractivity contribution in [3.05, 3.63) is 35.1 Å². The second kappa shape index (κ2) is 5.72. The lowest BCUT2D eigenvalue weighted by Gasteiger charge is -2.36. The van der Waals surface area contributed by atoms with Crippen molar-refractivity contribution in [3.8, 4) is 0 Å². The van der Waals surface area contributed by atoms with E-state index in [4.69, 9.17) is 0 Å². The van der Waals surface area contributed by atoms with E-state index in [1.807, 2.05) is 0 Å². The fourth-order valence-electron chi connectivity index (χ4n) is 3.05. The molecule has 1 atom stereocenters. The molecule has 1 aromatic carbocycles. The summed E-state index contributed by atoms with van der Waals surface area (Å²) in [6.07, 6.45) is -3.37. The van der Waals surface area contributed by atoms with E-state index < -0.39 is 44.9 Å². The smallest absolute Gasteiger partial charge is 0.333 e. The highest BCUT2D eigenvalue weighted by molar-refractivity contribution is 7.91. The van der Waals surface area contributed by atoms with Crippen LogP contribution in [0.2, 0.25) is 0 Å². The Hall–Kier alpha value is -1.64. The molecule has 2 aliphatic rings. The molecule has 24 heavy (non-hydrogen) atoms. The van der Waals surface area contributed by atoms with Crippen molar-refractivity contribution in [2.45, 2.75) is 25.1 Å². The van der Waals surface area contributed by atoms with E-state index in [1.54, 1.807) is 0 Å². The Morgan fingerprint density at radius 1 is 1.21 bits per heavy atom. The van der Waals surface area contributed by atoms with Crippen LogP contribution in [0.1, 0.15) is 28.8 Å². The molecule has 132 valence electrons. The van der Waals surface area contributed by atoms with Gasteiger partial charge in [0, 0.05) is 12.6 Å². The molecule has 0 radical (unpaired) electrons. The predicted molar refractivity (Wildman–Crippen MR) is 77.6 cm³/mol. The fourth-order valence-corrected chi connectivity index (χ4v) is 4.67. The largest absolute Gasteiger partial charge is 0.417 e. The van der Waals surface area contributed by atoms with E-state index in [2.05, 4.69) is 0 Å². The van der Waals surface area contributed by atoms with Crippen molar-refractivity contribution in [2.24, 2.45) is 5.92 Å². The Kier molecular flexibility index (Phi) is 4.09. The van der Waals surface area contributed by atoms with Crippen LogP contribution in [0.3, 0.4) is 0 Å². The second-order valence-corrected chi connectivity index (χ2v) is 8.43. The molecule has 1 aromatic rings. The molecular formula is C15H15F4NO3S. The summed E-state index contributed by atoms with van der Waals surface area (Å²) in [5.41, 5.74) is -1.98. The first-order valence-corrected chi connectivity index (χ1v) is 9.29. The molecule has 0 spiro atoms. The predicted octanol–water partition coefficient (Wildman–Crippen LogP) is 2.49. The van der Waals surface area contributed by atoms with Gasteiger partial charge in [0.05, 0.1) is 22.6 Å². The number of carbonyl (C=O) groups excluding carboxylic acids is 1. The maximum atomic E-state index is 13.2. The van der Waals surface area contributed by atoms with Gasteiger partial charge in [0.15, 0.2) is 9.84 Å². The number of amides is 1. The molecule has 1 amide bonds. The monoisotopic (exact) mass is 365 g/mol. The number of sulfone groups is 1. The van der Waals surface area contributed by atoms with Gasteiger partial charge in [-0.25, -0.2) is 12.8 Å². The van der Waals surface area contributed by atoms with Crippen LogP contribution in [-0.2, 0) is 16.0 Å². The third-order valence-corrected chi connectivity index (χ3v) is 6.07. The van der Waals surface area contributed by atoms with Crippen LogP contribution >= 0.6 is 0 Å². The molecule has 1 saturated heterocycles. The minimum absolute atomic E-state index is 0.00110. The van der Waals surface area contributed by atoms with Crippen LogP contribution < -0.4 is 0 Å². The van der Waals surface area contributed by atoms with E-state index in [-0.39, 0.29) is 24.0 Å². The molecule has 0 bridgehead atoms. The number of nitrogens with zero attached hydrogens (tertiary/aromatic N) is 1. The first-order chi connectivity index (χ1) is 11.1. The average molecular weight is 365 g/mol. The van der Waals surface area contributed by atoms with Crippen molar-refractivity contribution in [1.29, 1.82) is 0 Å². The van der Waals surface area contributed by atoms with Gasteiger partial charge in [-0.15, -0.1) is 0 Å². The highest BCUT2D eigenvalue weighted by Crippen LogP contribution is 2.39.